The van der Waals surface area contributed by atoms with Crippen molar-refractivity contribution in [1.82, 2.24) is 23.8 Å². The van der Waals surface area contributed by atoms with Crippen LogP contribution in [0.2, 0.25) is 0 Å². The van der Waals surface area contributed by atoms with Crippen molar-refractivity contribution < 1.29 is 8.42 Å². The van der Waals surface area contributed by atoms with Gasteiger partial charge in [-0.05, 0) is 33.6 Å². The van der Waals surface area contributed by atoms with E-state index in [1.165, 1.54) is 4.31 Å². The summed E-state index contributed by atoms with van der Waals surface area (Å²) in [5, 5.41) is 7.87. The van der Waals surface area contributed by atoms with E-state index in [1.54, 1.807) is 13.3 Å². The normalized spacial score (nSPS) is 19.2. The third-order valence-corrected chi connectivity index (χ3v) is 4.97. The molecule has 1 aromatic heterocycles. The molecule has 2 rings (SSSR count). The van der Waals surface area contributed by atoms with Gasteiger partial charge in [-0.2, -0.15) is 17.4 Å². The van der Waals surface area contributed by atoms with Gasteiger partial charge in [-0.1, -0.05) is 0 Å². The van der Waals surface area contributed by atoms with E-state index in [9.17, 15) is 8.42 Å². The Balaban J connectivity index is 2.12. The molecule has 0 saturated carbocycles. The second-order valence-corrected chi connectivity index (χ2v) is 6.84. The molecule has 1 aliphatic rings. The zero-order valence-corrected chi connectivity index (χ0v) is 12.4. The number of nitrogens with zero attached hydrogens (tertiary/aromatic N) is 4. The van der Waals surface area contributed by atoms with Crippen molar-refractivity contribution >= 4 is 10.2 Å². The Morgan fingerprint density at radius 1 is 1.26 bits per heavy atom. The predicted molar refractivity (Wildman–Crippen MR) is 71.7 cm³/mol. The molecular formula is C11H21N5O2S. The van der Waals surface area contributed by atoms with Crippen molar-refractivity contribution in [3.05, 3.63) is 12.2 Å². The lowest BCUT2D eigenvalue weighted by Crippen LogP contribution is -2.40. The summed E-state index contributed by atoms with van der Waals surface area (Å²) in [7, 11) is -3.43. The van der Waals surface area contributed by atoms with Crippen LogP contribution in [0.15, 0.2) is 6.33 Å². The van der Waals surface area contributed by atoms with Gasteiger partial charge in [0, 0.05) is 19.1 Å². The van der Waals surface area contributed by atoms with Crippen LogP contribution < -0.4 is 4.72 Å². The fourth-order valence-electron chi connectivity index (χ4n) is 2.24. The first-order valence-electron chi connectivity index (χ1n) is 6.58. The van der Waals surface area contributed by atoms with Crippen molar-refractivity contribution in [3.63, 3.8) is 0 Å². The fourth-order valence-corrected chi connectivity index (χ4v) is 3.68. The molecule has 7 nitrogen and oxygen atoms in total. The summed E-state index contributed by atoms with van der Waals surface area (Å²) in [6.07, 6.45) is 3.48. The van der Waals surface area contributed by atoms with Crippen LogP contribution in [0.1, 0.15) is 51.5 Å². The van der Waals surface area contributed by atoms with Crippen LogP contribution in [0.4, 0.5) is 0 Å². The Kier molecular flexibility index (Phi) is 4.22. The van der Waals surface area contributed by atoms with Crippen LogP contribution in [0.3, 0.4) is 0 Å². The third kappa shape index (κ3) is 3.13. The molecule has 1 saturated heterocycles. The average Bonchev–Trinajstić information content (AvgIpc) is 3.00. The lowest BCUT2D eigenvalue weighted by molar-refractivity contribution is 0.447. The summed E-state index contributed by atoms with van der Waals surface area (Å²) < 4.78 is 30.4. The molecule has 0 bridgehead atoms. The molecule has 2 heterocycles. The zero-order valence-electron chi connectivity index (χ0n) is 11.6. The maximum Gasteiger partial charge on any atom is 0.280 e. The van der Waals surface area contributed by atoms with Crippen molar-refractivity contribution in [2.45, 2.75) is 45.7 Å². The predicted octanol–water partition coefficient (Wildman–Crippen LogP) is 0.850. The second-order valence-electron chi connectivity index (χ2n) is 5.14. The van der Waals surface area contributed by atoms with Crippen LogP contribution in [0.25, 0.3) is 0 Å². The van der Waals surface area contributed by atoms with Gasteiger partial charge in [0.2, 0.25) is 0 Å². The molecule has 19 heavy (non-hydrogen) atoms. The van der Waals surface area contributed by atoms with Gasteiger partial charge < -0.3 is 4.57 Å². The van der Waals surface area contributed by atoms with E-state index in [4.69, 9.17) is 0 Å². The lowest BCUT2D eigenvalue weighted by Gasteiger charge is -2.21. The van der Waals surface area contributed by atoms with E-state index in [2.05, 4.69) is 14.9 Å². The molecular weight excluding hydrogens is 266 g/mol. The summed E-state index contributed by atoms with van der Waals surface area (Å²) in [5.41, 5.74) is 0. The summed E-state index contributed by atoms with van der Waals surface area (Å²) >= 11 is 0. The Morgan fingerprint density at radius 2 is 1.89 bits per heavy atom. The summed E-state index contributed by atoms with van der Waals surface area (Å²) in [5.74, 6) is 0.637. The Morgan fingerprint density at radius 3 is 2.47 bits per heavy atom. The molecule has 0 spiro atoms. The molecule has 0 aliphatic carbocycles. The highest BCUT2D eigenvalue weighted by Gasteiger charge is 2.28. The molecule has 0 unspecified atom stereocenters. The van der Waals surface area contributed by atoms with Gasteiger partial charge in [0.05, 0.1) is 6.04 Å². The number of hydrogen-bond acceptors (Lipinski definition) is 4. The largest absolute Gasteiger partial charge is 0.314 e. The Labute approximate surface area is 114 Å². The highest BCUT2D eigenvalue weighted by atomic mass is 32.2. The molecule has 1 fully saturated rings. The second kappa shape index (κ2) is 5.56. The molecule has 8 heteroatoms. The molecule has 0 aromatic carbocycles. The lowest BCUT2D eigenvalue weighted by atomic mass is 10.3. The van der Waals surface area contributed by atoms with Crippen LogP contribution in [-0.2, 0) is 10.2 Å². The molecule has 0 amide bonds. The van der Waals surface area contributed by atoms with Crippen LogP contribution in [-0.4, -0.2) is 40.6 Å². The van der Waals surface area contributed by atoms with Crippen molar-refractivity contribution in [2.24, 2.45) is 0 Å². The molecule has 1 aliphatic heterocycles. The van der Waals surface area contributed by atoms with Crippen molar-refractivity contribution in [3.8, 4) is 0 Å². The van der Waals surface area contributed by atoms with Gasteiger partial charge in [0.25, 0.3) is 10.2 Å². The van der Waals surface area contributed by atoms with Gasteiger partial charge in [0.1, 0.15) is 6.33 Å². The first kappa shape index (κ1) is 14.4. The van der Waals surface area contributed by atoms with Gasteiger partial charge in [-0.25, -0.2) is 0 Å². The molecule has 1 atom stereocenters. The number of aromatic nitrogens is 3. The topological polar surface area (TPSA) is 80.1 Å². The van der Waals surface area contributed by atoms with Crippen LogP contribution >= 0.6 is 0 Å². The highest BCUT2D eigenvalue weighted by molar-refractivity contribution is 7.87. The van der Waals surface area contributed by atoms with E-state index in [0.717, 1.165) is 12.8 Å². The van der Waals surface area contributed by atoms with Crippen molar-refractivity contribution in [2.75, 3.05) is 13.1 Å². The van der Waals surface area contributed by atoms with Crippen LogP contribution in [0.5, 0.6) is 0 Å². The minimum absolute atomic E-state index is 0.198. The summed E-state index contributed by atoms with van der Waals surface area (Å²) in [6.45, 7) is 7.00. The number of hydrogen-bond donors (Lipinski definition) is 1. The monoisotopic (exact) mass is 287 g/mol. The molecule has 1 N–H and O–H groups in total. The van der Waals surface area contributed by atoms with E-state index < -0.39 is 16.3 Å². The van der Waals surface area contributed by atoms with Gasteiger partial charge in [-0.3, -0.25) is 0 Å². The summed E-state index contributed by atoms with van der Waals surface area (Å²) in [6, 6.07) is -0.195. The quantitative estimate of drug-likeness (QED) is 0.870. The average molecular weight is 287 g/mol. The van der Waals surface area contributed by atoms with Crippen LogP contribution in [0, 0.1) is 0 Å². The van der Waals surface area contributed by atoms with Gasteiger partial charge in [-0.15, -0.1) is 10.2 Å². The minimum atomic E-state index is -3.43. The molecule has 0 radical (unpaired) electrons. The van der Waals surface area contributed by atoms with E-state index in [0.29, 0.717) is 18.9 Å². The minimum Gasteiger partial charge on any atom is -0.314 e. The molecule has 1 aromatic rings. The maximum absolute atomic E-state index is 12.2. The maximum atomic E-state index is 12.2. The smallest absolute Gasteiger partial charge is 0.280 e. The highest BCUT2D eigenvalue weighted by Crippen LogP contribution is 2.18. The Bertz CT molecular complexity index is 519. The fraction of sp³-hybridized carbons (Fsp3) is 0.818. The summed E-state index contributed by atoms with van der Waals surface area (Å²) in [4.78, 5) is 0. The Hall–Kier alpha value is -0.990. The van der Waals surface area contributed by atoms with Crippen molar-refractivity contribution in [1.29, 1.82) is 0 Å². The van der Waals surface area contributed by atoms with E-state index in [1.807, 2.05) is 18.4 Å². The standard InChI is InChI=1S/C11H21N5O2S/c1-9(2)16-8-12-13-11(16)10(3)14-19(17,18)15-6-4-5-7-15/h8-10,14H,4-7H2,1-3H3/t10-/m1/s1. The van der Waals surface area contributed by atoms with E-state index in [-0.39, 0.29) is 6.04 Å². The SMILES string of the molecule is CC(C)n1cnnc1[C@@H](C)NS(=O)(=O)N1CCCC1. The first-order chi connectivity index (χ1) is 8.92. The molecule has 108 valence electrons. The third-order valence-electron chi connectivity index (χ3n) is 3.28. The van der Waals surface area contributed by atoms with Gasteiger partial charge >= 0.3 is 0 Å². The van der Waals surface area contributed by atoms with Gasteiger partial charge in [0.15, 0.2) is 5.82 Å². The number of nitrogens with one attached hydrogen (secondary N) is 1. The first-order valence-corrected chi connectivity index (χ1v) is 8.02. The number of rotatable bonds is 5. The van der Waals surface area contributed by atoms with E-state index >= 15 is 0 Å². The zero-order chi connectivity index (χ0) is 14.0.